The fraction of sp³-hybridized carbons (Fsp3) is 0.684. The average Bonchev–Trinajstić information content (AvgIpc) is 2.54. The molecular weight excluding hydrogens is 258 g/mol. The van der Waals surface area contributed by atoms with E-state index in [-0.39, 0.29) is 0 Å². The molecule has 1 aromatic rings. The fourth-order valence-electron chi connectivity index (χ4n) is 3.33. The van der Waals surface area contributed by atoms with Crippen LogP contribution in [0.3, 0.4) is 0 Å². The molecule has 0 amide bonds. The first-order valence-electron chi connectivity index (χ1n) is 8.74. The molecule has 0 spiro atoms. The van der Waals surface area contributed by atoms with Crippen LogP contribution in [0.25, 0.3) is 0 Å². The van der Waals surface area contributed by atoms with Crippen LogP contribution in [-0.2, 0) is 17.9 Å². The molecule has 0 radical (unpaired) electrons. The summed E-state index contributed by atoms with van der Waals surface area (Å²) in [6, 6.07) is 8.69. The third-order valence-electron chi connectivity index (χ3n) is 4.68. The van der Waals surface area contributed by atoms with Gasteiger partial charge in [-0.3, -0.25) is 0 Å². The number of ether oxygens (including phenoxy) is 1. The van der Waals surface area contributed by atoms with Crippen molar-refractivity contribution in [1.29, 1.82) is 0 Å². The van der Waals surface area contributed by atoms with E-state index in [0.717, 1.165) is 25.6 Å². The van der Waals surface area contributed by atoms with E-state index in [1.54, 1.807) is 0 Å². The lowest BCUT2D eigenvalue weighted by Gasteiger charge is -2.31. The average molecular weight is 289 g/mol. The van der Waals surface area contributed by atoms with Gasteiger partial charge in [-0.15, -0.1) is 0 Å². The molecule has 2 atom stereocenters. The number of hydrogen-bond acceptors (Lipinski definition) is 2. The van der Waals surface area contributed by atoms with Gasteiger partial charge in [0.05, 0.1) is 12.7 Å². The van der Waals surface area contributed by atoms with Crippen molar-refractivity contribution in [2.75, 3.05) is 6.54 Å². The summed E-state index contributed by atoms with van der Waals surface area (Å²) in [6.45, 7) is 7.31. The van der Waals surface area contributed by atoms with Gasteiger partial charge in [-0.2, -0.15) is 0 Å². The summed E-state index contributed by atoms with van der Waals surface area (Å²) in [5.74, 6) is 0.768. The summed E-state index contributed by atoms with van der Waals surface area (Å²) in [5.41, 5.74) is 2.73. The van der Waals surface area contributed by atoms with Gasteiger partial charge >= 0.3 is 0 Å². The zero-order valence-corrected chi connectivity index (χ0v) is 13.7. The van der Waals surface area contributed by atoms with Crippen LogP contribution in [0.4, 0.5) is 0 Å². The molecule has 2 rings (SSSR count). The predicted molar refractivity (Wildman–Crippen MR) is 89.3 cm³/mol. The van der Waals surface area contributed by atoms with Crippen LogP contribution in [0.5, 0.6) is 0 Å². The Labute approximate surface area is 130 Å². The van der Waals surface area contributed by atoms with Gasteiger partial charge in [0, 0.05) is 6.54 Å². The molecular formula is C19H31NO. The summed E-state index contributed by atoms with van der Waals surface area (Å²) in [5, 5.41) is 3.49. The first-order chi connectivity index (χ1) is 10.3. The lowest BCUT2D eigenvalue weighted by atomic mass is 9.85. The zero-order valence-electron chi connectivity index (χ0n) is 13.7. The minimum absolute atomic E-state index is 0.473. The van der Waals surface area contributed by atoms with E-state index in [9.17, 15) is 0 Å². The number of rotatable bonds is 8. The maximum absolute atomic E-state index is 6.29. The second-order valence-corrected chi connectivity index (χ2v) is 6.25. The van der Waals surface area contributed by atoms with Crippen molar-refractivity contribution in [3.8, 4) is 0 Å². The molecule has 0 aromatic heterocycles. The van der Waals surface area contributed by atoms with E-state index in [1.807, 2.05) is 0 Å². The molecule has 118 valence electrons. The molecule has 2 nitrogen and oxygen atoms in total. The molecule has 1 aliphatic rings. The Balaban J connectivity index is 1.89. The summed E-state index contributed by atoms with van der Waals surface area (Å²) in [4.78, 5) is 0. The van der Waals surface area contributed by atoms with E-state index in [0.29, 0.717) is 6.10 Å². The Kier molecular flexibility index (Phi) is 7.25. The molecule has 1 fully saturated rings. The topological polar surface area (TPSA) is 21.3 Å². The maximum atomic E-state index is 6.29. The van der Waals surface area contributed by atoms with Crippen molar-refractivity contribution in [2.24, 2.45) is 5.92 Å². The summed E-state index contributed by atoms with van der Waals surface area (Å²) >= 11 is 0. The van der Waals surface area contributed by atoms with Crippen molar-refractivity contribution >= 4 is 0 Å². The molecule has 21 heavy (non-hydrogen) atoms. The molecule has 1 aromatic carbocycles. The van der Waals surface area contributed by atoms with Crippen molar-refractivity contribution in [3.05, 3.63) is 35.4 Å². The molecule has 1 N–H and O–H groups in total. The van der Waals surface area contributed by atoms with Crippen LogP contribution >= 0.6 is 0 Å². The van der Waals surface area contributed by atoms with Crippen LogP contribution < -0.4 is 5.32 Å². The van der Waals surface area contributed by atoms with E-state index in [1.165, 1.54) is 49.7 Å². The first kappa shape index (κ1) is 16.5. The van der Waals surface area contributed by atoms with Crippen LogP contribution in [0.1, 0.15) is 63.5 Å². The summed E-state index contributed by atoms with van der Waals surface area (Å²) in [6.07, 6.45) is 8.22. The standard InChI is InChI=1S/C19H31NO/c1-3-13-20-14-17-10-5-6-11-18(17)15-21-19-12-8-7-9-16(19)4-2/h5-6,10-11,16,19-20H,3-4,7-9,12-15H2,1-2H3. The molecule has 0 saturated heterocycles. The van der Waals surface area contributed by atoms with E-state index in [2.05, 4.69) is 43.4 Å². The van der Waals surface area contributed by atoms with Crippen LogP contribution in [0.15, 0.2) is 24.3 Å². The van der Waals surface area contributed by atoms with Crippen molar-refractivity contribution in [1.82, 2.24) is 5.32 Å². The molecule has 0 aliphatic heterocycles. The third-order valence-corrected chi connectivity index (χ3v) is 4.68. The summed E-state index contributed by atoms with van der Waals surface area (Å²) in [7, 11) is 0. The number of nitrogens with one attached hydrogen (secondary N) is 1. The SMILES string of the molecule is CCCNCc1ccccc1COC1CCCCC1CC. The molecule has 0 bridgehead atoms. The maximum Gasteiger partial charge on any atom is 0.0723 e. The predicted octanol–water partition coefficient (Wildman–Crippen LogP) is 4.67. The van der Waals surface area contributed by atoms with Crippen LogP contribution in [0, 0.1) is 5.92 Å². The van der Waals surface area contributed by atoms with E-state index < -0.39 is 0 Å². The fourth-order valence-corrected chi connectivity index (χ4v) is 3.33. The first-order valence-corrected chi connectivity index (χ1v) is 8.74. The third kappa shape index (κ3) is 5.12. The highest BCUT2D eigenvalue weighted by molar-refractivity contribution is 5.26. The van der Waals surface area contributed by atoms with Gasteiger partial charge in [-0.05, 0) is 42.9 Å². The Hall–Kier alpha value is -0.860. The number of benzene rings is 1. The van der Waals surface area contributed by atoms with Crippen molar-refractivity contribution in [3.63, 3.8) is 0 Å². The Bertz CT molecular complexity index is 404. The van der Waals surface area contributed by atoms with Gasteiger partial charge < -0.3 is 10.1 Å². The minimum atomic E-state index is 0.473. The van der Waals surface area contributed by atoms with E-state index in [4.69, 9.17) is 4.74 Å². The highest BCUT2D eigenvalue weighted by Gasteiger charge is 2.24. The highest BCUT2D eigenvalue weighted by atomic mass is 16.5. The van der Waals surface area contributed by atoms with E-state index >= 15 is 0 Å². The highest BCUT2D eigenvalue weighted by Crippen LogP contribution is 2.30. The molecule has 1 saturated carbocycles. The zero-order chi connectivity index (χ0) is 14.9. The molecule has 2 unspecified atom stereocenters. The number of hydrogen-bond donors (Lipinski definition) is 1. The van der Waals surface area contributed by atoms with Crippen molar-refractivity contribution < 1.29 is 4.74 Å². The lowest BCUT2D eigenvalue weighted by Crippen LogP contribution is -2.27. The van der Waals surface area contributed by atoms with Gasteiger partial charge in [0.15, 0.2) is 0 Å². The molecule has 2 heteroatoms. The normalized spacial score (nSPS) is 22.4. The van der Waals surface area contributed by atoms with Crippen LogP contribution in [-0.4, -0.2) is 12.6 Å². The summed E-state index contributed by atoms with van der Waals surface area (Å²) < 4.78 is 6.29. The van der Waals surface area contributed by atoms with Crippen molar-refractivity contribution in [2.45, 2.75) is 71.6 Å². The van der Waals surface area contributed by atoms with Gasteiger partial charge in [-0.1, -0.05) is 57.4 Å². The second kappa shape index (κ2) is 9.22. The van der Waals surface area contributed by atoms with Gasteiger partial charge in [0.2, 0.25) is 0 Å². The quantitative estimate of drug-likeness (QED) is 0.702. The van der Waals surface area contributed by atoms with Gasteiger partial charge in [0.1, 0.15) is 0 Å². The largest absolute Gasteiger partial charge is 0.373 e. The van der Waals surface area contributed by atoms with Gasteiger partial charge in [-0.25, -0.2) is 0 Å². The molecule has 1 aliphatic carbocycles. The Morgan fingerprint density at radius 2 is 1.86 bits per heavy atom. The lowest BCUT2D eigenvalue weighted by molar-refractivity contribution is -0.0224. The second-order valence-electron chi connectivity index (χ2n) is 6.25. The minimum Gasteiger partial charge on any atom is -0.373 e. The molecule has 0 heterocycles. The smallest absolute Gasteiger partial charge is 0.0723 e. The van der Waals surface area contributed by atoms with Crippen LogP contribution in [0.2, 0.25) is 0 Å². The van der Waals surface area contributed by atoms with Gasteiger partial charge in [0.25, 0.3) is 0 Å². The monoisotopic (exact) mass is 289 g/mol. The Morgan fingerprint density at radius 3 is 2.62 bits per heavy atom. The Morgan fingerprint density at radius 1 is 1.10 bits per heavy atom.